The summed E-state index contributed by atoms with van der Waals surface area (Å²) < 4.78 is 14.2. The predicted octanol–water partition coefficient (Wildman–Crippen LogP) is 4.34. The summed E-state index contributed by atoms with van der Waals surface area (Å²) in [5.74, 6) is -0.233. The number of hydrogen-bond donors (Lipinski definition) is 2. The van der Waals surface area contributed by atoms with Crippen molar-refractivity contribution < 1.29 is 9.50 Å². The van der Waals surface area contributed by atoms with Crippen LogP contribution in [0.25, 0.3) is 10.9 Å². The largest absolute Gasteiger partial charge is 0.392 e. The average Bonchev–Trinajstić information content (AvgIpc) is 3.03. The van der Waals surface area contributed by atoms with Crippen LogP contribution in [0.2, 0.25) is 5.02 Å². The molecule has 0 aliphatic carbocycles. The van der Waals surface area contributed by atoms with Crippen molar-refractivity contribution in [2.24, 2.45) is 0 Å². The van der Waals surface area contributed by atoms with Crippen LogP contribution in [0.15, 0.2) is 48.7 Å². The Morgan fingerprint density at radius 2 is 2.12 bits per heavy atom. The third kappa shape index (κ3) is 3.65. The molecule has 0 saturated carbocycles. The molecular formula is C20H19ClFN3O. The number of benzene rings is 2. The normalized spacial score (nSPS) is 17.7. The van der Waals surface area contributed by atoms with Gasteiger partial charge in [-0.25, -0.2) is 4.39 Å². The summed E-state index contributed by atoms with van der Waals surface area (Å²) in [5, 5.41) is 14.6. The molecule has 0 bridgehead atoms. The molecule has 2 N–H and O–H groups in total. The smallest absolute Gasteiger partial charge is 0.127 e. The van der Waals surface area contributed by atoms with Gasteiger partial charge in [0.2, 0.25) is 0 Å². The van der Waals surface area contributed by atoms with Gasteiger partial charge < -0.3 is 10.4 Å². The standard InChI is InChI=1S/C20H19ClFN3O/c21-14-1-3-17-19(5-7-23-20(17)10-14)24-15-2-4-18(22)13(9-15)11-25-8-6-16(26)12-25/h1-5,7,9-10,16,26H,6,8,11-12H2,(H,23,24)/t16-/m1/s1. The van der Waals surface area contributed by atoms with Crippen molar-refractivity contribution in [1.82, 2.24) is 9.88 Å². The van der Waals surface area contributed by atoms with Crippen molar-refractivity contribution in [3.63, 3.8) is 0 Å². The number of anilines is 2. The fourth-order valence-corrected chi connectivity index (χ4v) is 3.52. The SMILES string of the molecule is O[C@@H]1CCN(Cc2cc(Nc3ccnc4cc(Cl)ccc34)ccc2F)C1. The fourth-order valence-electron chi connectivity index (χ4n) is 3.36. The molecule has 0 spiro atoms. The second kappa shape index (κ2) is 7.19. The molecule has 2 heterocycles. The summed E-state index contributed by atoms with van der Waals surface area (Å²) in [4.78, 5) is 6.40. The van der Waals surface area contributed by atoms with Gasteiger partial charge in [-0.05, 0) is 48.9 Å². The zero-order valence-corrected chi connectivity index (χ0v) is 14.9. The van der Waals surface area contributed by atoms with Gasteiger partial charge in [0.25, 0.3) is 0 Å². The Balaban J connectivity index is 1.60. The Morgan fingerprint density at radius 3 is 2.92 bits per heavy atom. The quantitative estimate of drug-likeness (QED) is 0.716. The van der Waals surface area contributed by atoms with Gasteiger partial charge in [0.15, 0.2) is 0 Å². The Hall–Kier alpha value is -2.21. The van der Waals surface area contributed by atoms with E-state index >= 15 is 0 Å². The lowest BCUT2D eigenvalue weighted by atomic mass is 10.1. The van der Waals surface area contributed by atoms with Crippen LogP contribution >= 0.6 is 11.6 Å². The van der Waals surface area contributed by atoms with E-state index in [4.69, 9.17) is 11.6 Å². The van der Waals surface area contributed by atoms with E-state index in [2.05, 4.69) is 15.2 Å². The van der Waals surface area contributed by atoms with E-state index in [0.717, 1.165) is 35.2 Å². The highest BCUT2D eigenvalue weighted by Crippen LogP contribution is 2.28. The molecule has 1 atom stereocenters. The number of fused-ring (bicyclic) bond motifs is 1. The Bertz CT molecular complexity index is 949. The van der Waals surface area contributed by atoms with E-state index in [1.54, 1.807) is 12.3 Å². The molecule has 26 heavy (non-hydrogen) atoms. The van der Waals surface area contributed by atoms with Gasteiger partial charge in [-0.1, -0.05) is 11.6 Å². The molecular weight excluding hydrogens is 353 g/mol. The summed E-state index contributed by atoms with van der Waals surface area (Å²) in [6, 6.07) is 12.5. The van der Waals surface area contributed by atoms with Gasteiger partial charge in [-0.15, -0.1) is 0 Å². The number of nitrogens with one attached hydrogen (secondary N) is 1. The highest BCUT2D eigenvalue weighted by molar-refractivity contribution is 6.31. The van der Waals surface area contributed by atoms with E-state index in [0.29, 0.717) is 23.7 Å². The number of β-amino-alcohol motifs (C(OH)–C–C–N with tert-alkyl or cyclic N) is 1. The van der Waals surface area contributed by atoms with Crippen molar-refractivity contribution in [3.8, 4) is 0 Å². The first-order valence-electron chi connectivity index (χ1n) is 8.58. The highest BCUT2D eigenvalue weighted by atomic mass is 35.5. The fraction of sp³-hybridized carbons (Fsp3) is 0.250. The van der Waals surface area contributed by atoms with Gasteiger partial charge >= 0.3 is 0 Å². The second-order valence-electron chi connectivity index (χ2n) is 6.63. The van der Waals surface area contributed by atoms with Crippen molar-refractivity contribution in [2.75, 3.05) is 18.4 Å². The Labute approximate surface area is 156 Å². The molecule has 1 aromatic heterocycles. The number of aliphatic hydroxyl groups is 1. The third-order valence-electron chi connectivity index (χ3n) is 4.67. The van der Waals surface area contributed by atoms with Crippen molar-refractivity contribution in [1.29, 1.82) is 0 Å². The van der Waals surface area contributed by atoms with Crippen LogP contribution in [0.4, 0.5) is 15.8 Å². The van der Waals surface area contributed by atoms with Crippen LogP contribution in [0.1, 0.15) is 12.0 Å². The third-order valence-corrected chi connectivity index (χ3v) is 4.91. The number of rotatable bonds is 4. The lowest BCUT2D eigenvalue weighted by molar-refractivity contribution is 0.174. The minimum absolute atomic E-state index is 0.233. The number of aromatic nitrogens is 1. The molecule has 1 aliphatic heterocycles. The second-order valence-corrected chi connectivity index (χ2v) is 7.07. The molecule has 3 aromatic rings. The molecule has 1 fully saturated rings. The van der Waals surface area contributed by atoms with Crippen LogP contribution < -0.4 is 5.32 Å². The molecule has 0 amide bonds. The van der Waals surface area contributed by atoms with Crippen LogP contribution in [-0.4, -0.2) is 34.2 Å². The number of likely N-dealkylation sites (tertiary alicyclic amines) is 1. The first kappa shape index (κ1) is 17.2. The summed E-state index contributed by atoms with van der Waals surface area (Å²) in [5.41, 5.74) is 3.12. The van der Waals surface area contributed by atoms with E-state index in [1.165, 1.54) is 6.07 Å². The van der Waals surface area contributed by atoms with Gasteiger partial charge in [-0.2, -0.15) is 0 Å². The van der Waals surface area contributed by atoms with Crippen molar-refractivity contribution in [3.05, 3.63) is 65.1 Å². The maximum absolute atomic E-state index is 14.2. The zero-order chi connectivity index (χ0) is 18.1. The summed E-state index contributed by atoms with van der Waals surface area (Å²) in [6.45, 7) is 1.87. The Kier molecular flexibility index (Phi) is 4.76. The lowest BCUT2D eigenvalue weighted by Crippen LogP contribution is -2.22. The van der Waals surface area contributed by atoms with E-state index < -0.39 is 0 Å². The predicted molar refractivity (Wildman–Crippen MR) is 102 cm³/mol. The zero-order valence-electron chi connectivity index (χ0n) is 14.1. The molecule has 0 radical (unpaired) electrons. The number of pyridine rings is 1. The van der Waals surface area contributed by atoms with Crippen LogP contribution in [0.5, 0.6) is 0 Å². The molecule has 134 valence electrons. The maximum atomic E-state index is 14.2. The summed E-state index contributed by atoms with van der Waals surface area (Å²) in [7, 11) is 0. The van der Waals surface area contributed by atoms with Crippen LogP contribution in [-0.2, 0) is 6.54 Å². The van der Waals surface area contributed by atoms with Crippen molar-refractivity contribution >= 4 is 33.9 Å². The van der Waals surface area contributed by atoms with E-state index in [1.807, 2.05) is 30.3 Å². The minimum atomic E-state index is -0.311. The molecule has 1 aliphatic rings. The van der Waals surface area contributed by atoms with Gasteiger partial charge in [0, 0.05) is 53.2 Å². The molecule has 4 rings (SSSR count). The monoisotopic (exact) mass is 371 g/mol. The van der Waals surface area contributed by atoms with E-state index in [-0.39, 0.29) is 11.9 Å². The number of halogens is 2. The first-order valence-corrected chi connectivity index (χ1v) is 8.96. The van der Waals surface area contributed by atoms with Gasteiger partial charge in [0.05, 0.1) is 11.6 Å². The van der Waals surface area contributed by atoms with Crippen molar-refractivity contribution in [2.45, 2.75) is 19.1 Å². The number of nitrogens with zero attached hydrogens (tertiary/aromatic N) is 2. The van der Waals surface area contributed by atoms with Crippen LogP contribution in [0, 0.1) is 5.82 Å². The highest BCUT2D eigenvalue weighted by Gasteiger charge is 2.21. The molecule has 0 unspecified atom stereocenters. The lowest BCUT2D eigenvalue weighted by Gasteiger charge is -2.17. The van der Waals surface area contributed by atoms with E-state index in [9.17, 15) is 9.50 Å². The summed E-state index contributed by atoms with van der Waals surface area (Å²) >= 11 is 6.04. The molecule has 1 saturated heterocycles. The molecule has 4 nitrogen and oxygen atoms in total. The number of hydrogen-bond acceptors (Lipinski definition) is 4. The molecule has 2 aromatic carbocycles. The minimum Gasteiger partial charge on any atom is -0.392 e. The average molecular weight is 372 g/mol. The summed E-state index contributed by atoms with van der Waals surface area (Å²) in [6.07, 6.45) is 2.15. The maximum Gasteiger partial charge on any atom is 0.127 e. The first-order chi connectivity index (χ1) is 12.6. The van der Waals surface area contributed by atoms with Crippen LogP contribution in [0.3, 0.4) is 0 Å². The topological polar surface area (TPSA) is 48.4 Å². The van der Waals surface area contributed by atoms with Gasteiger partial charge in [0.1, 0.15) is 5.82 Å². The molecule has 6 heteroatoms. The Morgan fingerprint density at radius 1 is 1.23 bits per heavy atom. The van der Waals surface area contributed by atoms with Gasteiger partial charge in [-0.3, -0.25) is 9.88 Å². The number of aliphatic hydroxyl groups excluding tert-OH is 1.